The number of aromatic amines is 1. The molecule has 1 aromatic carbocycles. The van der Waals surface area contributed by atoms with Gasteiger partial charge in [-0.25, -0.2) is 8.78 Å². The Morgan fingerprint density at radius 2 is 1.82 bits per heavy atom. The minimum absolute atomic E-state index is 0.00641. The van der Waals surface area contributed by atoms with Gasteiger partial charge in [-0.15, -0.1) is 0 Å². The van der Waals surface area contributed by atoms with Crippen molar-refractivity contribution in [1.82, 2.24) is 20.9 Å². The van der Waals surface area contributed by atoms with E-state index in [2.05, 4.69) is 20.9 Å². The van der Waals surface area contributed by atoms with Crippen LogP contribution in [0.3, 0.4) is 0 Å². The Hall–Kier alpha value is -3.87. The molecule has 204 valence electrons. The maximum absolute atomic E-state index is 14.1. The number of carbonyl (C=O) groups excluding carboxylic acids is 5. The fourth-order valence-electron chi connectivity index (χ4n) is 4.45. The van der Waals surface area contributed by atoms with Gasteiger partial charge in [-0.05, 0) is 37.3 Å². The number of rotatable bonds is 12. The third-order valence-electron chi connectivity index (χ3n) is 6.71. The summed E-state index contributed by atoms with van der Waals surface area (Å²) in [6, 6.07) is 0.858. The molecule has 0 spiro atoms. The van der Waals surface area contributed by atoms with Crippen LogP contribution in [0.15, 0.2) is 18.2 Å². The summed E-state index contributed by atoms with van der Waals surface area (Å²) in [5.74, 6) is -5.01. The third-order valence-corrected chi connectivity index (χ3v) is 6.71. The Labute approximate surface area is 216 Å². The largest absolute Gasteiger partial charge is 0.457 e. The zero-order valence-corrected chi connectivity index (χ0v) is 20.5. The van der Waals surface area contributed by atoms with Crippen LogP contribution >= 0.6 is 0 Å². The highest BCUT2D eigenvalue weighted by atomic mass is 19.1. The topological polar surface area (TPSA) is 172 Å². The predicted molar refractivity (Wildman–Crippen MR) is 129 cm³/mol. The summed E-state index contributed by atoms with van der Waals surface area (Å²) in [6.45, 7) is -0.614. The van der Waals surface area contributed by atoms with E-state index in [1.54, 1.807) is 0 Å². The number of ketones is 1. The summed E-state index contributed by atoms with van der Waals surface area (Å²) in [7, 11) is 0. The number of halogens is 2. The number of amides is 3. The van der Waals surface area contributed by atoms with Crippen LogP contribution in [0.1, 0.15) is 42.6 Å². The average Bonchev–Trinajstić information content (AvgIpc) is 3.44. The van der Waals surface area contributed by atoms with Crippen molar-refractivity contribution in [2.75, 3.05) is 19.7 Å². The molecule has 2 fully saturated rings. The van der Waals surface area contributed by atoms with Gasteiger partial charge in [0.25, 0.3) is 5.91 Å². The van der Waals surface area contributed by atoms with E-state index in [9.17, 15) is 32.8 Å². The molecule has 1 aliphatic carbocycles. The summed E-state index contributed by atoms with van der Waals surface area (Å²) in [6.07, 6.45) is 2.51. The van der Waals surface area contributed by atoms with Crippen molar-refractivity contribution >= 4 is 40.4 Å². The normalized spacial score (nSPS) is 18.5. The number of nitrogens with two attached hydrogens (primary N) is 1. The zero-order chi connectivity index (χ0) is 27.4. The number of esters is 1. The van der Waals surface area contributed by atoms with Crippen molar-refractivity contribution in [1.29, 1.82) is 0 Å². The van der Waals surface area contributed by atoms with Gasteiger partial charge in [-0.3, -0.25) is 24.0 Å². The molecule has 1 aliphatic heterocycles. The number of nitrogens with one attached hydrogen (secondary N) is 4. The second-order valence-corrected chi connectivity index (χ2v) is 9.64. The zero-order valence-electron chi connectivity index (χ0n) is 20.5. The first-order valence-corrected chi connectivity index (χ1v) is 12.4. The first-order chi connectivity index (χ1) is 18.1. The highest BCUT2D eigenvalue weighted by Crippen LogP contribution is 2.33. The number of benzene rings is 1. The Balaban J connectivity index is 1.48. The molecule has 4 rings (SSSR count). The lowest BCUT2D eigenvalue weighted by Gasteiger charge is -2.24. The SMILES string of the molecule is NCC(=O)OCC(=O)C(C[C@@H]1CCNC1=O)NC(=O)C(CC1CC1)NC(=O)c1cc2cc(F)cc(F)c2[nH]1. The van der Waals surface area contributed by atoms with Crippen LogP contribution in [0, 0.1) is 23.5 Å². The molecule has 2 aliphatic rings. The van der Waals surface area contributed by atoms with Gasteiger partial charge in [0.05, 0.1) is 18.1 Å². The smallest absolute Gasteiger partial charge is 0.320 e. The van der Waals surface area contributed by atoms with Crippen molar-refractivity contribution in [2.45, 2.75) is 44.2 Å². The van der Waals surface area contributed by atoms with Gasteiger partial charge in [-0.1, -0.05) is 12.8 Å². The van der Waals surface area contributed by atoms with E-state index >= 15 is 0 Å². The van der Waals surface area contributed by atoms with Crippen molar-refractivity contribution < 1.29 is 37.5 Å². The van der Waals surface area contributed by atoms with Crippen LogP contribution in [0.4, 0.5) is 8.78 Å². The molecule has 1 saturated carbocycles. The fraction of sp³-hybridized carbons (Fsp3) is 0.480. The van der Waals surface area contributed by atoms with Gasteiger partial charge in [-0.2, -0.15) is 0 Å². The van der Waals surface area contributed by atoms with Gasteiger partial charge in [0, 0.05) is 23.9 Å². The number of hydrogen-bond acceptors (Lipinski definition) is 7. The number of H-pyrrole nitrogens is 1. The summed E-state index contributed by atoms with van der Waals surface area (Å²) in [4.78, 5) is 65.2. The Kier molecular flexibility index (Phi) is 8.35. The summed E-state index contributed by atoms with van der Waals surface area (Å²) in [5, 5.41) is 8.06. The molecular weight excluding hydrogens is 504 g/mol. The molecular formula is C25H29F2N5O6. The summed E-state index contributed by atoms with van der Waals surface area (Å²) >= 11 is 0. The van der Waals surface area contributed by atoms with E-state index in [0.29, 0.717) is 25.5 Å². The van der Waals surface area contributed by atoms with Crippen LogP contribution < -0.4 is 21.7 Å². The number of aromatic nitrogens is 1. The van der Waals surface area contributed by atoms with Crippen LogP contribution in [0.2, 0.25) is 0 Å². The maximum atomic E-state index is 14.1. The van der Waals surface area contributed by atoms with E-state index in [1.165, 1.54) is 6.07 Å². The maximum Gasteiger partial charge on any atom is 0.320 e. The lowest BCUT2D eigenvalue weighted by molar-refractivity contribution is -0.147. The Bertz CT molecular complexity index is 1260. The molecule has 3 amide bonds. The van der Waals surface area contributed by atoms with E-state index in [0.717, 1.165) is 18.9 Å². The van der Waals surface area contributed by atoms with Crippen LogP contribution in [-0.4, -0.2) is 66.2 Å². The quantitative estimate of drug-likeness (QED) is 0.246. The minimum Gasteiger partial charge on any atom is -0.457 e. The second kappa shape index (κ2) is 11.7. The van der Waals surface area contributed by atoms with Gasteiger partial charge < -0.3 is 31.4 Å². The monoisotopic (exact) mass is 533 g/mol. The number of hydrogen-bond donors (Lipinski definition) is 5. The van der Waals surface area contributed by atoms with Crippen molar-refractivity contribution in [3.05, 3.63) is 35.5 Å². The van der Waals surface area contributed by atoms with Crippen LogP contribution in [-0.2, 0) is 23.9 Å². The number of carbonyl (C=O) groups is 5. The Morgan fingerprint density at radius 3 is 2.47 bits per heavy atom. The third kappa shape index (κ3) is 6.71. The highest BCUT2D eigenvalue weighted by molar-refractivity contribution is 6.01. The van der Waals surface area contributed by atoms with E-state index in [1.807, 2.05) is 0 Å². The second-order valence-electron chi connectivity index (χ2n) is 9.64. The summed E-state index contributed by atoms with van der Waals surface area (Å²) < 4.78 is 32.4. The van der Waals surface area contributed by atoms with E-state index in [4.69, 9.17) is 10.5 Å². The van der Waals surface area contributed by atoms with Gasteiger partial charge in [0.15, 0.2) is 12.4 Å². The first kappa shape index (κ1) is 27.2. The van der Waals surface area contributed by atoms with Gasteiger partial charge in [0.2, 0.25) is 11.8 Å². The van der Waals surface area contributed by atoms with Crippen LogP contribution in [0.25, 0.3) is 10.9 Å². The Morgan fingerprint density at radius 1 is 1.05 bits per heavy atom. The van der Waals surface area contributed by atoms with E-state index < -0.39 is 66.4 Å². The standard InChI is InChI=1S/C25H29F2N5O6/c26-15-6-14-8-19(30-22(14)16(27)9-15)25(37)32-18(5-12-1-2-12)24(36)31-17(7-13-3-4-29-23(13)35)20(33)11-38-21(34)10-28/h6,8-9,12-13,17-18,30H,1-5,7,10-11,28H2,(H,29,35)(H,31,36)(H,32,37)/t13-,17?,18?/m0/s1. The number of Topliss-reactive ketones (excluding diaryl/α,β-unsaturated/α-hetero) is 1. The van der Waals surface area contributed by atoms with Crippen molar-refractivity contribution in [3.63, 3.8) is 0 Å². The molecule has 2 aromatic rings. The molecule has 3 atom stereocenters. The van der Waals surface area contributed by atoms with Crippen LogP contribution in [0.5, 0.6) is 0 Å². The average molecular weight is 534 g/mol. The number of fused-ring (bicyclic) bond motifs is 1. The lowest BCUT2D eigenvalue weighted by Crippen LogP contribution is -2.53. The molecule has 13 heteroatoms. The molecule has 0 radical (unpaired) electrons. The van der Waals surface area contributed by atoms with Gasteiger partial charge >= 0.3 is 5.97 Å². The summed E-state index contributed by atoms with van der Waals surface area (Å²) in [5.41, 5.74) is 5.08. The predicted octanol–water partition coefficient (Wildman–Crippen LogP) is 0.427. The van der Waals surface area contributed by atoms with Gasteiger partial charge in [0.1, 0.15) is 23.4 Å². The van der Waals surface area contributed by atoms with E-state index in [-0.39, 0.29) is 34.8 Å². The molecule has 2 unspecified atom stereocenters. The minimum atomic E-state index is -1.15. The molecule has 0 bridgehead atoms. The molecule has 2 heterocycles. The number of ether oxygens (including phenoxy) is 1. The van der Waals surface area contributed by atoms with Crippen molar-refractivity contribution in [2.24, 2.45) is 17.6 Å². The highest BCUT2D eigenvalue weighted by Gasteiger charge is 2.35. The fourth-order valence-corrected chi connectivity index (χ4v) is 4.45. The molecule has 6 N–H and O–H groups in total. The first-order valence-electron chi connectivity index (χ1n) is 12.4. The molecule has 1 saturated heterocycles. The molecule has 11 nitrogen and oxygen atoms in total. The van der Waals surface area contributed by atoms with Crippen molar-refractivity contribution in [3.8, 4) is 0 Å². The molecule has 38 heavy (non-hydrogen) atoms. The lowest BCUT2D eigenvalue weighted by atomic mass is 9.95. The molecule has 1 aromatic heterocycles.